The molecule has 1 heterocycles. The van der Waals surface area contributed by atoms with Gasteiger partial charge in [0.1, 0.15) is 18.1 Å². The van der Waals surface area contributed by atoms with Gasteiger partial charge in [-0.05, 0) is 18.2 Å². The molecule has 1 aromatic heterocycles. The molecule has 0 atom stereocenters. The van der Waals surface area contributed by atoms with Gasteiger partial charge in [0.2, 0.25) is 0 Å². The van der Waals surface area contributed by atoms with Crippen molar-refractivity contribution in [2.24, 2.45) is 0 Å². The fourth-order valence-electron chi connectivity index (χ4n) is 1.61. The number of carboxylic acid groups (broad SMARTS) is 1. The molecule has 2 N–H and O–H groups in total. The van der Waals surface area contributed by atoms with Gasteiger partial charge in [0.25, 0.3) is 0 Å². The normalized spacial score (nSPS) is 10.2. The van der Waals surface area contributed by atoms with Crippen LogP contribution in [0.1, 0.15) is 21.7 Å². The van der Waals surface area contributed by atoms with Gasteiger partial charge >= 0.3 is 5.97 Å². The van der Waals surface area contributed by atoms with Crippen LogP contribution in [0.4, 0.5) is 0 Å². The Morgan fingerprint density at radius 2 is 1.95 bits per heavy atom. The van der Waals surface area contributed by atoms with Crippen molar-refractivity contribution >= 4 is 5.97 Å². The molecule has 0 fully saturated rings. The summed E-state index contributed by atoms with van der Waals surface area (Å²) < 4.78 is 5.53. The molecule has 0 radical (unpaired) electrons. The molecule has 98 valence electrons. The summed E-state index contributed by atoms with van der Waals surface area (Å²) in [5.41, 5.74) is 1.18. The van der Waals surface area contributed by atoms with Crippen molar-refractivity contribution in [3.05, 3.63) is 59.4 Å². The minimum absolute atomic E-state index is 0.0171. The third-order valence-electron chi connectivity index (χ3n) is 2.54. The van der Waals surface area contributed by atoms with E-state index in [2.05, 4.69) is 4.98 Å². The summed E-state index contributed by atoms with van der Waals surface area (Å²) in [4.78, 5) is 14.7. The van der Waals surface area contributed by atoms with Gasteiger partial charge < -0.3 is 14.9 Å². The van der Waals surface area contributed by atoms with Gasteiger partial charge in [-0.3, -0.25) is 0 Å². The van der Waals surface area contributed by atoms with E-state index >= 15 is 0 Å². The van der Waals surface area contributed by atoms with Crippen LogP contribution in [0.15, 0.2) is 42.5 Å². The number of carbonyl (C=O) groups is 1. The number of ether oxygens (including phenoxy) is 1. The number of benzene rings is 1. The molecule has 1 aromatic carbocycles. The fourth-order valence-corrected chi connectivity index (χ4v) is 1.61. The van der Waals surface area contributed by atoms with Crippen molar-refractivity contribution in [2.45, 2.75) is 13.2 Å². The number of para-hydroxylation sites is 1. The first-order valence-corrected chi connectivity index (χ1v) is 5.71. The Morgan fingerprint density at radius 1 is 1.16 bits per heavy atom. The molecule has 0 aliphatic carbocycles. The van der Waals surface area contributed by atoms with E-state index in [-0.39, 0.29) is 18.9 Å². The molecule has 5 nitrogen and oxygen atoms in total. The molecule has 0 aliphatic heterocycles. The van der Waals surface area contributed by atoms with E-state index in [0.29, 0.717) is 17.0 Å². The average molecular weight is 259 g/mol. The molecule has 0 spiro atoms. The van der Waals surface area contributed by atoms with Crippen molar-refractivity contribution in [1.29, 1.82) is 0 Å². The summed E-state index contributed by atoms with van der Waals surface area (Å²) in [5, 5.41) is 18.0. The third-order valence-corrected chi connectivity index (χ3v) is 2.54. The SMILES string of the molecule is O=C(O)c1cccc(COc2ccccc2CO)n1. The van der Waals surface area contributed by atoms with Crippen molar-refractivity contribution in [2.75, 3.05) is 0 Å². The van der Waals surface area contributed by atoms with Crippen LogP contribution in [0.3, 0.4) is 0 Å². The maximum Gasteiger partial charge on any atom is 0.354 e. The highest BCUT2D eigenvalue weighted by molar-refractivity contribution is 5.85. The van der Waals surface area contributed by atoms with E-state index in [0.717, 1.165) is 0 Å². The Labute approximate surface area is 110 Å². The quantitative estimate of drug-likeness (QED) is 0.856. The largest absolute Gasteiger partial charge is 0.487 e. The molecule has 0 aliphatic rings. The predicted octanol–water partition coefficient (Wildman–Crippen LogP) is 1.85. The van der Waals surface area contributed by atoms with Gasteiger partial charge in [-0.1, -0.05) is 24.3 Å². The van der Waals surface area contributed by atoms with Crippen LogP contribution in [0.25, 0.3) is 0 Å². The second-order valence-electron chi connectivity index (χ2n) is 3.87. The number of aromatic nitrogens is 1. The smallest absolute Gasteiger partial charge is 0.354 e. The molecule has 2 rings (SSSR count). The molecule has 0 saturated carbocycles. The lowest BCUT2D eigenvalue weighted by Gasteiger charge is -2.09. The number of hydrogen-bond donors (Lipinski definition) is 2. The zero-order valence-electron chi connectivity index (χ0n) is 10.1. The van der Waals surface area contributed by atoms with Crippen LogP contribution >= 0.6 is 0 Å². The highest BCUT2D eigenvalue weighted by Gasteiger charge is 2.06. The molecule has 0 unspecified atom stereocenters. The standard InChI is InChI=1S/C14H13NO4/c16-8-10-4-1-2-7-13(10)19-9-11-5-3-6-12(15-11)14(17)18/h1-7,16H,8-9H2,(H,17,18). The van der Waals surface area contributed by atoms with E-state index in [9.17, 15) is 4.79 Å². The summed E-state index contributed by atoms with van der Waals surface area (Å²) in [7, 11) is 0. The van der Waals surface area contributed by atoms with E-state index in [1.807, 2.05) is 6.07 Å². The van der Waals surface area contributed by atoms with Crippen molar-refractivity contribution in [3.63, 3.8) is 0 Å². The first kappa shape index (κ1) is 13.0. The van der Waals surface area contributed by atoms with Crippen molar-refractivity contribution in [3.8, 4) is 5.75 Å². The number of pyridine rings is 1. The van der Waals surface area contributed by atoms with E-state index in [4.69, 9.17) is 14.9 Å². The molecular formula is C14H13NO4. The van der Waals surface area contributed by atoms with Gasteiger partial charge in [0.05, 0.1) is 12.3 Å². The molecule has 0 saturated heterocycles. The van der Waals surface area contributed by atoms with Crippen LogP contribution in [0.2, 0.25) is 0 Å². The molecule has 0 amide bonds. The minimum atomic E-state index is -1.07. The number of nitrogens with zero attached hydrogens (tertiary/aromatic N) is 1. The number of aliphatic hydroxyl groups is 1. The average Bonchev–Trinajstić information content (AvgIpc) is 2.45. The fraction of sp³-hybridized carbons (Fsp3) is 0.143. The highest BCUT2D eigenvalue weighted by Crippen LogP contribution is 2.18. The topological polar surface area (TPSA) is 79.7 Å². The number of aliphatic hydroxyl groups excluding tert-OH is 1. The van der Waals surface area contributed by atoms with Crippen LogP contribution in [-0.4, -0.2) is 21.2 Å². The summed E-state index contributed by atoms with van der Waals surface area (Å²) in [6.07, 6.45) is 0. The Morgan fingerprint density at radius 3 is 2.68 bits per heavy atom. The summed E-state index contributed by atoms with van der Waals surface area (Å²) in [6, 6.07) is 11.8. The second kappa shape index (κ2) is 5.97. The van der Waals surface area contributed by atoms with Gasteiger partial charge in [-0.25, -0.2) is 9.78 Å². The number of hydrogen-bond acceptors (Lipinski definition) is 4. The minimum Gasteiger partial charge on any atom is -0.487 e. The summed E-state index contributed by atoms with van der Waals surface area (Å²) in [6.45, 7) is 0.0386. The van der Waals surface area contributed by atoms with E-state index in [1.54, 1.807) is 30.3 Å². The van der Waals surface area contributed by atoms with Gasteiger partial charge in [-0.2, -0.15) is 0 Å². The number of carboxylic acids is 1. The number of rotatable bonds is 5. The third kappa shape index (κ3) is 3.29. The second-order valence-corrected chi connectivity index (χ2v) is 3.87. The highest BCUT2D eigenvalue weighted by atomic mass is 16.5. The molecule has 0 bridgehead atoms. The summed E-state index contributed by atoms with van der Waals surface area (Å²) in [5.74, 6) is -0.509. The van der Waals surface area contributed by atoms with Crippen LogP contribution in [-0.2, 0) is 13.2 Å². The first-order valence-electron chi connectivity index (χ1n) is 5.71. The molecule has 2 aromatic rings. The zero-order chi connectivity index (χ0) is 13.7. The van der Waals surface area contributed by atoms with E-state index < -0.39 is 5.97 Å². The maximum atomic E-state index is 10.8. The van der Waals surface area contributed by atoms with Gasteiger partial charge in [0.15, 0.2) is 0 Å². The summed E-state index contributed by atoms with van der Waals surface area (Å²) >= 11 is 0. The number of aromatic carboxylic acids is 1. The molecule has 5 heteroatoms. The molecule has 19 heavy (non-hydrogen) atoms. The Kier molecular flexibility index (Phi) is 4.10. The lowest BCUT2D eigenvalue weighted by Crippen LogP contribution is -2.05. The Bertz CT molecular complexity index is 583. The van der Waals surface area contributed by atoms with Crippen LogP contribution < -0.4 is 4.74 Å². The first-order chi connectivity index (χ1) is 9.20. The lowest BCUT2D eigenvalue weighted by molar-refractivity contribution is 0.0690. The van der Waals surface area contributed by atoms with Crippen LogP contribution in [0.5, 0.6) is 5.75 Å². The Hall–Kier alpha value is -2.40. The van der Waals surface area contributed by atoms with Crippen molar-refractivity contribution < 1.29 is 19.7 Å². The monoisotopic (exact) mass is 259 g/mol. The van der Waals surface area contributed by atoms with Crippen molar-refractivity contribution in [1.82, 2.24) is 4.98 Å². The Balaban J connectivity index is 2.10. The zero-order valence-corrected chi connectivity index (χ0v) is 10.1. The van der Waals surface area contributed by atoms with Gasteiger partial charge in [0, 0.05) is 5.56 Å². The van der Waals surface area contributed by atoms with Gasteiger partial charge in [-0.15, -0.1) is 0 Å². The maximum absolute atomic E-state index is 10.8. The van der Waals surface area contributed by atoms with Crippen LogP contribution in [0, 0.1) is 0 Å². The predicted molar refractivity (Wildman–Crippen MR) is 67.9 cm³/mol. The lowest BCUT2D eigenvalue weighted by atomic mass is 10.2. The van der Waals surface area contributed by atoms with E-state index in [1.165, 1.54) is 6.07 Å². The molecular weight excluding hydrogens is 246 g/mol.